The number of hydrogen-bond donors (Lipinski definition) is 1. The lowest BCUT2D eigenvalue weighted by Gasteiger charge is -2.03. The maximum atomic E-state index is 11.3. The highest BCUT2D eigenvalue weighted by molar-refractivity contribution is 7.09. The van der Waals surface area contributed by atoms with Gasteiger partial charge in [0, 0.05) is 4.88 Å². The highest BCUT2D eigenvalue weighted by Gasteiger charge is 2.16. The summed E-state index contributed by atoms with van der Waals surface area (Å²) in [6, 6.07) is 0. The summed E-state index contributed by atoms with van der Waals surface area (Å²) >= 11 is 1.55. The summed E-state index contributed by atoms with van der Waals surface area (Å²) in [5.41, 5.74) is 8.72. The lowest BCUT2D eigenvalue weighted by Crippen LogP contribution is -2.08. The Kier molecular flexibility index (Phi) is 3.10. The van der Waals surface area contributed by atoms with E-state index in [1.807, 2.05) is 6.92 Å². The van der Waals surface area contributed by atoms with Crippen molar-refractivity contribution < 1.29 is 9.53 Å². The third kappa shape index (κ3) is 2.14. The zero-order chi connectivity index (χ0) is 12.4. The highest BCUT2D eigenvalue weighted by atomic mass is 32.1. The van der Waals surface area contributed by atoms with Crippen LogP contribution in [-0.2, 0) is 11.3 Å². The fourth-order valence-electron chi connectivity index (χ4n) is 1.40. The molecule has 0 aliphatic heterocycles. The van der Waals surface area contributed by atoms with Gasteiger partial charge in [0.2, 0.25) is 0 Å². The van der Waals surface area contributed by atoms with Crippen molar-refractivity contribution in [3.8, 4) is 0 Å². The molecule has 6 nitrogen and oxygen atoms in total. The molecule has 0 unspecified atom stereocenters. The van der Waals surface area contributed by atoms with E-state index in [1.54, 1.807) is 21.4 Å². The van der Waals surface area contributed by atoms with Gasteiger partial charge in [0.1, 0.15) is 5.82 Å². The van der Waals surface area contributed by atoms with E-state index in [1.165, 1.54) is 13.4 Å². The van der Waals surface area contributed by atoms with Crippen LogP contribution in [0.3, 0.4) is 0 Å². The molecule has 0 radical (unpaired) electrons. The summed E-state index contributed by atoms with van der Waals surface area (Å²) in [6.45, 7) is 2.49. The number of nitrogen functional groups attached to an aromatic ring is 1. The lowest BCUT2D eigenvalue weighted by molar-refractivity contribution is 0.0596. The van der Waals surface area contributed by atoms with E-state index in [-0.39, 0.29) is 5.69 Å². The number of esters is 1. The molecule has 2 N–H and O–H groups in total. The predicted molar refractivity (Wildman–Crippen MR) is 63.9 cm³/mol. The number of anilines is 1. The third-order valence-corrected chi connectivity index (χ3v) is 3.34. The molecule has 0 aliphatic carbocycles. The molecule has 2 rings (SSSR count). The molecule has 90 valence electrons. The van der Waals surface area contributed by atoms with Crippen LogP contribution >= 0.6 is 11.3 Å². The number of imidazole rings is 1. The summed E-state index contributed by atoms with van der Waals surface area (Å²) < 4.78 is 6.29. The van der Waals surface area contributed by atoms with Gasteiger partial charge in [-0.25, -0.2) is 14.8 Å². The molecule has 0 saturated heterocycles. The number of nitrogens with zero attached hydrogens (tertiary/aromatic N) is 3. The second kappa shape index (κ2) is 4.54. The standard InChI is InChI=1S/C10H12N4O2S/c1-6-7(17-5-13-6)3-14-4-12-8(9(14)11)10(15)16-2/h4-5H,3,11H2,1-2H3. The quantitative estimate of drug-likeness (QED) is 0.826. The molecule has 17 heavy (non-hydrogen) atoms. The van der Waals surface area contributed by atoms with Crippen molar-refractivity contribution in [2.75, 3.05) is 12.8 Å². The maximum absolute atomic E-state index is 11.3. The van der Waals surface area contributed by atoms with Crippen molar-refractivity contribution in [1.82, 2.24) is 14.5 Å². The van der Waals surface area contributed by atoms with Crippen LogP contribution in [0.4, 0.5) is 5.82 Å². The summed E-state index contributed by atoms with van der Waals surface area (Å²) in [7, 11) is 1.30. The molecule has 7 heteroatoms. The van der Waals surface area contributed by atoms with Crippen LogP contribution < -0.4 is 5.73 Å². The Morgan fingerprint density at radius 3 is 2.94 bits per heavy atom. The molecule has 0 bridgehead atoms. The van der Waals surface area contributed by atoms with Crippen molar-refractivity contribution in [3.63, 3.8) is 0 Å². The van der Waals surface area contributed by atoms with Crippen molar-refractivity contribution in [3.05, 3.63) is 28.1 Å². The van der Waals surface area contributed by atoms with Crippen LogP contribution in [0, 0.1) is 6.92 Å². The molecule has 0 saturated carbocycles. The molecule has 0 aromatic carbocycles. The van der Waals surface area contributed by atoms with Crippen molar-refractivity contribution in [2.45, 2.75) is 13.5 Å². The Labute approximate surface area is 102 Å². The minimum Gasteiger partial charge on any atom is -0.464 e. The average Bonchev–Trinajstić information content (AvgIpc) is 2.87. The maximum Gasteiger partial charge on any atom is 0.360 e. The zero-order valence-corrected chi connectivity index (χ0v) is 10.3. The molecular weight excluding hydrogens is 240 g/mol. The van der Waals surface area contributed by atoms with Gasteiger partial charge in [-0.2, -0.15) is 0 Å². The molecule has 0 atom stereocenters. The first kappa shape index (κ1) is 11.6. The number of carbonyl (C=O) groups excluding carboxylic acids is 1. The van der Waals surface area contributed by atoms with Crippen molar-refractivity contribution in [2.24, 2.45) is 0 Å². The average molecular weight is 252 g/mol. The minimum atomic E-state index is -0.526. The number of carbonyl (C=O) groups is 1. The van der Waals surface area contributed by atoms with Crippen molar-refractivity contribution in [1.29, 1.82) is 0 Å². The highest BCUT2D eigenvalue weighted by Crippen LogP contribution is 2.18. The van der Waals surface area contributed by atoms with E-state index in [0.29, 0.717) is 12.4 Å². The van der Waals surface area contributed by atoms with E-state index >= 15 is 0 Å². The molecule has 0 amide bonds. The van der Waals surface area contributed by atoms with E-state index in [9.17, 15) is 4.79 Å². The van der Waals surface area contributed by atoms with E-state index in [2.05, 4.69) is 14.7 Å². The number of aromatic nitrogens is 3. The lowest BCUT2D eigenvalue weighted by atomic mass is 10.4. The number of rotatable bonds is 3. The first-order chi connectivity index (χ1) is 8.13. The zero-order valence-electron chi connectivity index (χ0n) is 9.51. The Morgan fingerprint density at radius 1 is 1.59 bits per heavy atom. The van der Waals surface area contributed by atoms with Gasteiger partial charge in [-0.05, 0) is 6.92 Å². The third-order valence-electron chi connectivity index (χ3n) is 2.42. The normalized spacial score (nSPS) is 10.5. The van der Waals surface area contributed by atoms with Gasteiger partial charge in [0.05, 0.1) is 31.2 Å². The monoisotopic (exact) mass is 252 g/mol. The largest absolute Gasteiger partial charge is 0.464 e. The number of methoxy groups -OCH3 is 1. The van der Waals surface area contributed by atoms with E-state index in [4.69, 9.17) is 5.73 Å². The van der Waals surface area contributed by atoms with Crippen LogP contribution in [0.25, 0.3) is 0 Å². The van der Waals surface area contributed by atoms with E-state index in [0.717, 1.165) is 10.6 Å². The van der Waals surface area contributed by atoms with Gasteiger partial charge < -0.3 is 15.0 Å². The first-order valence-electron chi connectivity index (χ1n) is 4.91. The van der Waals surface area contributed by atoms with Gasteiger partial charge in [-0.1, -0.05) is 0 Å². The van der Waals surface area contributed by atoms with Crippen molar-refractivity contribution >= 4 is 23.1 Å². The number of thiazole rings is 1. The molecule has 0 spiro atoms. The summed E-state index contributed by atoms with van der Waals surface area (Å²) in [6.07, 6.45) is 1.53. The molecule has 0 fully saturated rings. The predicted octanol–water partition coefficient (Wildman–Crippen LogP) is 1.07. The topological polar surface area (TPSA) is 83.0 Å². The SMILES string of the molecule is COC(=O)c1ncn(Cc2scnc2C)c1N. The molecule has 0 aliphatic rings. The second-order valence-corrected chi connectivity index (χ2v) is 4.40. The smallest absolute Gasteiger partial charge is 0.360 e. The van der Waals surface area contributed by atoms with Crippen LogP contribution in [0.5, 0.6) is 0 Å². The minimum absolute atomic E-state index is 0.148. The number of nitrogens with two attached hydrogens (primary N) is 1. The fourth-order valence-corrected chi connectivity index (χ4v) is 2.18. The Morgan fingerprint density at radius 2 is 2.35 bits per heavy atom. The number of ether oxygens (including phenoxy) is 1. The van der Waals surface area contributed by atoms with E-state index < -0.39 is 5.97 Å². The summed E-state index contributed by atoms with van der Waals surface area (Å²) in [5.74, 6) is -0.216. The van der Waals surface area contributed by atoms with Gasteiger partial charge in [0.15, 0.2) is 5.69 Å². The molecule has 2 heterocycles. The number of hydrogen-bond acceptors (Lipinski definition) is 6. The van der Waals surface area contributed by atoms with Gasteiger partial charge in [0.25, 0.3) is 0 Å². The van der Waals surface area contributed by atoms with Crippen LogP contribution in [0.15, 0.2) is 11.8 Å². The van der Waals surface area contributed by atoms with Crippen LogP contribution in [0.2, 0.25) is 0 Å². The van der Waals surface area contributed by atoms with Crippen LogP contribution in [-0.4, -0.2) is 27.6 Å². The summed E-state index contributed by atoms with van der Waals surface area (Å²) in [4.78, 5) is 20.5. The molecule has 2 aromatic heterocycles. The number of aryl methyl sites for hydroxylation is 1. The fraction of sp³-hybridized carbons (Fsp3) is 0.300. The van der Waals surface area contributed by atoms with Crippen LogP contribution in [0.1, 0.15) is 21.1 Å². The van der Waals surface area contributed by atoms with Gasteiger partial charge >= 0.3 is 5.97 Å². The molecule has 2 aromatic rings. The Balaban J connectivity index is 2.26. The van der Waals surface area contributed by atoms with Gasteiger partial charge in [-0.15, -0.1) is 11.3 Å². The second-order valence-electron chi connectivity index (χ2n) is 3.46. The molecular formula is C10H12N4O2S. The van der Waals surface area contributed by atoms with Gasteiger partial charge in [-0.3, -0.25) is 0 Å². The summed E-state index contributed by atoms with van der Waals surface area (Å²) in [5, 5.41) is 0. The Hall–Kier alpha value is -1.89. The first-order valence-corrected chi connectivity index (χ1v) is 5.79. The Bertz CT molecular complexity index is 546.